The Morgan fingerprint density at radius 2 is 1.90 bits per heavy atom. The second kappa shape index (κ2) is 9.08. The first-order valence-corrected chi connectivity index (χ1v) is 10.7. The number of nitrogens with zero attached hydrogens (tertiary/aromatic N) is 2. The van der Waals surface area contributed by atoms with Crippen LogP contribution in [0.1, 0.15) is 34.9 Å². The maximum Gasteiger partial charge on any atom is 0.295 e. The number of likely N-dealkylation sites (tertiary alicyclic amines) is 1. The number of carbonyl (C=O) groups is 2. The van der Waals surface area contributed by atoms with Gasteiger partial charge in [-0.1, -0.05) is 17.7 Å². The molecule has 31 heavy (non-hydrogen) atoms. The average Bonchev–Trinajstić information content (AvgIpc) is 3.38. The number of aryl methyl sites for hydroxylation is 2. The highest BCUT2D eigenvalue weighted by Gasteiger charge is 2.47. The number of morpholine rings is 1. The van der Waals surface area contributed by atoms with E-state index in [1.54, 1.807) is 12.1 Å². The summed E-state index contributed by atoms with van der Waals surface area (Å²) in [4.78, 5) is 29.8. The molecule has 4 rings (SSSR count). The molecule has 0 spiro atoms. The summed E-state index contributed by atoms with van der Waals surface area (Å²) >= 11 is 0. The molecule has 0 radical (unpaired) electrons. The molecule has 0 aliphatic carbocycles. The van der Waals surface area contributed by atoms with Gasteiger partial charge in [-0.3, -0.25) is 14.5 Å². The van der Waals surface area contributed by atoms with E-state index in [0.29, 0.717) is 37.5 Å². The lowest BCUT2D eigenvalue weighted by atomic mass is 9.96. The molecule has 7 nitrogen and oxygen atoms in total. The number of carbonyl (C=O) groups excluding carboxylic acids is 2. The van der Waals surface area contributed by atoms with Gasteiger partial charge in [0.2, 0.25) is 0 Å². The zero-order valence-corrected chi connectivity index (χ0v) is 18.0. The summed E-state index contributed by atoms with van der Waals surface area (Å²) in [5.74, 6) is -0.963. The van der Waals surface area contributed by atoms with E-state index in [9.17, 15) is 14.7 Å². The summed E-state index contributed by atoms with van der Waals surface area (Å²) in [7, 11) is 0. The van der Waals surface area contributed by atoms with Gasteiger partial charge in [0, 0.05) is 31.7 Å². The van der Waals surface area contributed by atoms with Crippen LogP contribution < -0.4 is 0 Å². The van der Waals surface area contributed by atoms with Crippen LogP contribution in [0.4, 0.5) is 0 Å². The Morgan fingerprint density at radius 1 is 1.13 bits per heavy atom. The van der Waals surface area contributed by atoms with E-state index in [1.165, 1.54) is 11.2 Å². The number of aliphatic hydroxyl groups is 1. The topological polar surface area (TPSA) is 83.2 Å². The summed E-state index contributed by atoms with van der Waals surface area (Å²) in [5.41, 5.74) is 2.43. The van der Waals surface area contributed by atoms with Crippen molar-refractivity contribution in [3.05, 3.63) is 64.6 Å². The molecule has 7 heteroatoms. The van der Waals surface area contributed by atoms with E-state index < -0.39 is 17.7 Å². The SMILES string of the molecule is Cc1ccc(C)c(C(O)=C2C(=O)C(=O)N(CCCN3CCOCC3)[C@@H]2c2ccco2)c1. The van der Waals surface area contributed by atoms with Crippen molar-refractivity contribution in [2.24, 2.45) is 0 Å². The van der Waals surface area contributed by atoms with Crippen LogP contribution in [0.2, 0.25) is 0 Å². The maximum atomic E-state index is 13.0. The molecule has 0 saturated carbocycles. The van der Waals surface area contributed by atoms with E-state index in [-0.39, 0.29) is 11.3 Å². The second-order valence-corrected chi connectivity index (χ2v) is 8.13. The smallest absolute Gasteiger partial charge is 0.295 e. The summed E-state index contributed by atoms with van der Waals surface area (Å²) in [6.45, 7) is 8.17. The predicted octanol–water partition coefficient (Wildman–Crippen LogP) is 3.04. The molecule has 164 valence electrons. The highest BCUT2D eigenvalue weighted by molar-refractivity contribution is 6.46. The van der Waals surface area contributed by atoms with Gasteiger partial charge in [-0.05, 0) is 44.0 Å². The van der Waals surface area contributed by atoms with Crippen LogP contribution >= 0.6 is 0 Å². The Bertz CT molecular complexity index is 989. The highest BCUT2D eigenvalue weighted by Crippen LogP contribution is 2.40. The van der Waals surface area contributed by atoms with Crippen molar-refractivity contribution in [1.29, 1.82) is 0 Å². The fourth-order valence-electron chi connectivity index (χ4n) is 4.28. The van der Waals surface area contributed by atoms with Gasteiger partial charge in [0.1, 0.15) is 17.6 Å². The molecule has 1 aromatic heterocycles. The van der Waals surface area contributed by atoms with Crippen LogP contribution in [0.3, 0.4) is 0 Å². The number of furan rings is 1. The molecule has 2 saturated heterocycles. The van der Waals surface area contributed by atoms with Crippen molar-refractivity contribution in [2.75, 3.05) is 39.4 Å². The molecule has 1 atom stereocenters. The fourth-order valence-corrected chi connectivity index (χ4v) is 4.28. The first-order chi connectivity index (χ1) is 15.0. The Labute approximate surface area is 181 Å². The zero-order valence-electron chi connectivity index (χ0n) is 18.0. The minimum absolute atomic E-state index is 0.0834. The molecule has 2 aliphatic heterocycles. The van der Waals surface area contributed by atoms with Gasteiger partial charge >= 0.3 is 0 Å². The van der Waals surface area contributed by atoms with Crippen molar-refractivity contribution < 1.29 is 23.8 Å². The average molecular weight is 424 g/mol. The number of ether oxygens (including phenoxy) is 1. The molecule has 2 aromatic rings. The first kappa shape index (κ1) is 21.3. The molecule has 1 N–H and O–H groups in total. The van der Waals surface area contributed by atoms with Gasteiger partial charge in [-0.2, -0.15) is 0 Å². The van der Waals surface area contributed by atoms with Gasteiger partial charge in [0.25, 0.3) is 11.7 Å². The van der Waals surface area contributed by atoms with Gasteiger partial charge in [-0.25, -0.2) is 0 Å². The number of hydrogen-bond acceptors (Lipinski definition) is 6. The number of benzene rings is 1. The van der Waals surface area contributed by atoms with E-state index in [1.807, 2.05) is 32.0 Å². The standard InChI is InChI=1S/C24H28N2O5/c1-16-6-7-17(2)18(15-16)22(27)20-21(19-5-3-12-31-19)26(24(29)23(20)28)9-4-8-25-10-13-30-14-11-25/h3,5-7,12,15,21,27H,4,8-11,13-14H2,1-2H3/t21-/m1/s1. The van der Waals surface area contributed by atoms with Crippen LogP contribution in [0, 0.1) is 13.8 Å². The van der Waals surface area contributed by atoms with Crippen LogP contribution in [-0.4, -0.2) is 66.0 Å². The van der Waals surface area contributed by atoms with Crippen LogP contribution in [0.15, 0.2) is 46.6 Å². The molecule has 2 aliphatic rings. The van der Waals surface area contributed by atoms with Crippen molar-refractivity contribution in [1.82, 2.24) is 9.80 Å². The summed E-state index contributed by atoms with van der Waals surface area (Å²) in [6, 6.07) is 8.39. The van der Waals surface area contributed by atoms with Gasteiger partial charge in [0.05, 0.1) is 25.1 Å². The minimum Gasteiger partial charge on any atom is -0.507 e. The Kier molecular flexibility index (Phi) is 6.25. The molecule has 2 fully saturated rings. The zero-order chi connectivity index (χ0) is 22.0. The molecular weight excluding hydrogens is 396 g/mol. The van der Waals surface area contributed by atoms with Crippen LogP contribution in [-0.2, 0) is 14.3 Å². The molecule has 0 unspecified atom stereocenters. The Morgan fingerprint density at radius 3 is 2.61 bits per heavy atom. The second-order valence-electron chi connectivity index (χ2n) is 8.13. The number of Topliss-reactive ketones (excluding diaryl/α,β-unsaturated/α-hetero) is 1. The summed E-state index contributed by atoms with van der Waals surface area (Å²) in [6.07, 6.45) is 2.23. The highest BCUT2D eigenvalue weighted by atomic mass is 16.5. The largest absolute Gasteiger partial charge is 0.507 e. The number of ketones is 1. The molecule has 0 bridgehead atoms. The maximum absolute atomic E-state index is 13.0. The minimum atomic E-state index is -0.736. The summed E-state index contributed by atoms with van der Waals surface area (Å²) < 4.78 is 11.0. The lowest BCUT2D eigenvalue weighted by Crippen LogP contribution is -2.38. The third-order valence-corrected chi connectivity index (χ3v) is 5.98. The van der Waals surface area contributed by atoms with Crippen molar-refractivity contribution >= 4 is 17.4 Å². The van der Waals surface area contributed by atoms with Crippen molar-refractivity contribution in [3.8, 4) is 0 Å². The summed E-state index contributed by atoms with van der Waals surface area (Å²) in [5, 5.41) is 11.1. The lowest BCUT2D eigenvalue weighted by molar-refractivity contribution is -0.140. The van der Waals surface area contributed by atoms with Crippen LogP contribution in [0.25, 0.3) is 5.76 Å². The molecule has 3 heterocycles. The molecule has 1 aromatic carbocycles. The number of hydrogen-bond donors (Lipinski definition) is 1. The third-order valence-electron chi connectivity index (χ3n) is 5.98. The van der Waals surface area contributed by atoms with Gasteiger partial charge in [-0.15, -0.1) is 0 Å². The number of amides is 1. The number of rotatable bonds is 6. The number of aliphatic hydroxyl groups excluding tert-OH is 1. The van der Waals surface area contributed by atoms with Gasteiger partial charge < -0.3 is 19.2 Å². The van der Waals surface area contributed by atoms with Crippen LogP contribution in [0.5, 0.6) is 0 Å². The van der Waals surface area contributed by atoms with E-state index >= 15 is 0 Å². The Hall–Kier alpha value is -2.90. The molecule has 1 amide bonds. The molecular formula is C24H28N2O5. The Balaban J connectivity index is 1.65. The fraction of sp³-hybridized carbons (Fsp3) is 0.417. The first-order valence-electron chi connectivity index (χ1n) is 10.7. The van der Waals surface area contributed by atoms with Crippen molar-refractivity contribution in [3.63, 3.8) is 0 Å². The predicted molar refractivity (Wildman–Crippen MR) is 116 cm³/mol. The van der Waals surface area contributed by atoms with E-state index in [0.717, 1.165) is 30.8 Å². The van der Waals surface area contributed by atoms with E-state index in [2.05, 4.69) is 4.90 Å². The van der Waals surface area contributed by atoms with Gasteiger partial charge in [0.15, 0.2) is 0 Å². The van der Waals surface area contributed by atoms with Crippen molar-refractivity contribution in [2.45, 2.75) is 26.3 Å². The lowest BCUT2D eigenvalue weighted by Gasteiger charge is -2.28. The van der Waals surface area contributed by atoms with E-state index in [4.69, 9.17) is 9.15 Å². The quantitative estimate of drug-likeness (QED) is 0.436. The third kappa shape index (κ3) is 4.29. The normalized spacial score (nSPS) is 21.7. The monoisotopic (exact) mass is 424 g/mol.